The van der Waals surface area contributed by atoms with Crippen molar-refractivity contribution in [3.8, 4) is 0 Å². The monoisotopic (exact) mass is 425 g/mol. The van der Waals surface area contributed by atoms with E-state index in [0.717, 1.165) is 36.5 Å². The van der Waals surface area contributed by atoms with Crippen LogP contribution in [0.1, 0.15) is 62.7 Å². The van der Waals surface area contributed by atoms with Crippen molar-refractivity contribution in [3.05, 3.63) is 30.0 Å². The molecule has 2 aromatic rings. The Balaban J connectivity index is 1.20. The molecule has 1 aromatic carbocycles. The van der Waals surface area contributed by atoms with Gasteiger partial charge in [0.15, 0.2) is 0 Å². The number of ether oxygens (including phenoxy) is 2. The Hall–Kier alpha value is -1.92. The molecule has 0 spiro atoms. The van der Waals surface area contributed by atoms with Gasteiger partial charge in [-0.05, 0) is 69.4 Å². The van der Waals surface area contributed by atoms with Crippen molar-refractivity contribution >= 4 is 16.9 Å². The molecule has 6 heteroatoms. The first-order valence-corrected chi connectivity index (χ1v) is 12.1. The molecule has 5 rings (SSSR count). The number of carbonyl (C=O) groups is 1. The molecule has 0 radical (unpaired) electrons. The van der Waals surface area contributed by atoms with Crippen molar-refractivity contribution in [2.24, 2.45) is 11.8 Å². The van der Waals surface area contributed by atoms with Crippen LogP contribution in [0.2, 0.25) is 0 Å². The molecule has 3 aliphatic rings. The number of benzene rings is 1. The second-order valence-corrected chi connectivity index (χ2v) is 9.88. The Morgan fingerprint density at radius 2 is 1.94 bits per heavy atom. The van der Waals surface area contributed by atoms with E-state index in [2.05, 4.69) is 21.6 Å². The molecular formula is C25H35N3O3. The van der Waals surface area contributed by atoms with Crippen LogP contribution in [0, 0.1) is 11.8 Å². The third kappa shape index (κ3) is 4.65. The van der Waals surface area contributed by atoms with E-state index in [1.54, 1.807) is 0 Å². The van der Waals surface area contributed by atoms with Crippen molar-refractivity contribution in [2.75, 3.05) is 19.8 Å². The van der Waals surface area contributed by atoms with Crippen LogP contribution in [0.5, 0.6) is 0 Å². The lowest BCUT2D eigenvalue weighted by molar-refractivity contribution is -0.0276. The molecule has 3 heterocycles. The fraction of sp³-hybridized carbons (Fsp3) is 0.680. The lowest BCUT2D eigenvalue weighted by Crippen LogP contribution is -2.47. The standard InChI is InChI=1S/C25H35N3O3/c1-3-30-25(29)19-6-7-20-13-26-28(24(20)10-19)15-17(2)14-27-21-8-9-22(27)12-23(11-21)31-16-18-4-5-18/h6-7,10,13,17-18,21-23H,3-5,8-9,11-12,14-16H2,1-2H3/t17-,21-,22+,23?/m1/s1. The largest absolute Gasteiger partial charge is 0.462 e. The first kappa shape index (κ1) is 21.0. The van der Waals surface area contributed by atoms with Gasteiger partial charge in [0, 0.05) is 37.2 Å². The van der Waals surface area contributed by atoms with Crippen LogP contribution in [0.25, 0.3) is 10.9 Å². The van der Waals surface area contributed by atoms with E-state index < -0.39 is 0 Å². The highest BCUT2D eigenvalue weighted by Gasteiger charge is 2.41. The molecule has 0 N–H and O–H groups in total. The number of carbonyl (C=O) groups excluding carboxylic acids is 1. The number of hydrogen-bond donors (Lipinski definition) is 0. The van der Waals surface area contributed by atoms with Gasteiger partial charge >= 0.3 is 5.97 Å². The number of piperidine rings is 1. The maximum Gasteiger partial charge on any atom is 0.338 e. The lowest BCUT2D eigenvalue weighted by atomic mass is 9.98. The van der Waals surface area contributed by atoms with Crippen LogP contribution < -0.4 is 0 Å². The first-order chi connectivity index (χ1) is 15.1. The van der Waals surface area contributed by atoms with E-state index in [1.165, 1.54) is 38.5 Å². The van der Waals surface area contributed by atoms with Gasteiger partial charge in [0.1, 0.15) is 0 Å². The van der Waals surface area contributed by atoms with Gasteiger partial charge in [-0.3, -0.25) is 9.58 Å². The Labute approximate surface area is 184 Å². The average Bonchev–Trinajstić information content (AvgIpc) is 3.47. The fourth-order valence-corrected chi connectivity index (χ4v) is 5.49. The van der Waals surface area contributed by atoms with Crippen LogP contribution >= 0.6 is 0 Å². The topological polar surface area (TPSA) is 56.6 Å². The molecular weight excluding hydrogens is 390 g/mol. The van der Waals surface area contributed by atoms with E-state index in [9.17, 15) is 4.79 Å². The zero-order chi connectivity index (χ0) is 21.4. The number of aromatic nitrogens is 2. The van der Waals surface area contributed by atoms with Crippen molar-refractivity contribution in [2.45, 2.75) is 77.1 Å². The lowest BCUT2D eigenvalue weighted by Gasteiger charge is -2.40. The van der Waals surface area contributed by atoms with E-state index in [1.807, 2.05) is 31.3 Å². The van der Waals surface area contributed by atoms with Crippen LogP contribution in [-0.2, 0) is 16.0 Å². The second kappa shape index (κ2) is 8.91. The fourth-order valence-electron chi connectivity index (χ4n) is 5.49. The number of rotatable bonds is 9. The predicted octanol–water partition coefficient (Wildman–Crippen LogP) is 4.27. The SMILES string of the molecule is CCOC(=O)c1ccc2cnn(C[C@H](C)CN3[C@@H]4CC[C@H]3CC(OCC3CC3)C4)c2c1. The minimum absolute atomic E-state index is 0.270. The average molecular weight is 426 g/mol. The van der Waals surface area contributed by atoms with Gasteiger partial charge in [-0.25, -0.2) is 4.79 Å². The minimum Gasteiger partial charge on any atom is -0.462 e. The van der Waals surface area contributed by atoms with Crippen molar-refractivity contribution in [3.63, 3.8) is 0 Å². The summed E-state index contributed by atoms with van der Waals surface area (Å²) in [4.78, 5) is 14.9. The molecule has 0 amide bonds. The van der Waals surface area contributed by atoms with Gasteiger partial charge in [-0.15, -0.1) is 0 Å². The van der Waals surface area contributed by atoms with Crippen LogP contribution in [0.3, 0.4) is 0 Å². The summed E-state index contributed by atoms with van der Waals surface area (Å²) in [6, 6.07) is 7.05. The van der Waals surface area contributed by atoms with Gasteiger partial charge in [0.05, 0.1) is 30.0 Å². The predicted molar refractivity (Wildman–Crippen MR) is 120 cm³/mol. The number of nitrogens with zero attached hydrogens (tertiary/aromatic N) is 3. The summed E-state index contributed by atoms with van der Waals surface area (Å²) in [6.07, 6.45) is 10.1. The van der Waals surface area contributed by atoms with Gasteiger partial charge in [-0.2, -0.15) is 5.10 Å². The maximum atomic E-state index is 12.1. The highest BCUT2D eigenvalue weighted by Crippen LogP contribution is 2.38. The van der Waals surface area contributed by atoms with Crippen molar-refractivity contribution < 1.29 is 14.3 Å². The molecule has 1 unspecified atom stereocenters. The van der Waals surface area contributed by atoms with E-state index in [-0.39, 0.29) is 5.97 Å². The van der Waals surface area contributed by atoms with Crippen molar-refractivity contribution in [1.82, 2.24) is 14.7 Å². The highest BCUT2D eigenvalue weighted by atomic mass is 16.5. The summed E-state index contributed by atoms with van der Waals surface area (Å²) in [6.45, 7) is 7.48. The van der Waals surface area contributed by atoms with Crippen LogP contribution in [0.4, 0.5) is 0 Å². The van der Waals surface area contributed by atoms with Gasteiger partial charge in [-0.1, -0.05) is 13.0 Å². The third-order valence-electron chi connectivity index (χ3n) is 7.27. The smallest absolute Gasteiger partial charge is 0.338 e. The van der Waals surface area contributed by atoms with E-state index in [0.29, 0.717) is 36.3 Å². The molecule has 2 bridgehead atoms. The minimum atomic E-state index is -0.270. The molecule has 2 saturated heterocycles. The molecule has 1 aliphatic carbocycles. The molecule has 31 heavy (non-hydrogen) atoms. The molecule has 4 atom stereocenters. The Morgan fingerprint density at radius 3 is 2.65 bits per heavy atom. The Bertz CT molecular complexity index is 908. The summed E-state index contributed by atoms with van der Waals surface area (Å²) in [5.74, 6) is 1.07. The zero-order valence-electron chi connectivity index (χ0n) is 18.8. The van der Waals surface area contributed by atoms with Crippen molar-refractivity contribution in [1.29, 1.82) is 0 Å². The molecule has 1 saturated carbocycles. The number of esters is 1. The summed E-state index contributed by atoms with van der Waals surface area (Å²) in [5, 5.41) is 5.68. The summed E-state index contributed by atoms with van der Waals surface area (Å²) in [7, 11) is 0. The Morgan fingerprint density at radius 1 is 1.16 bits per heavy atom. The molecule has 2 aliphatic heterocycles. The molecule has 6 nitrogen and oxygen atoms in total. The molecule has 3 fully saturated rings. The quantitative estimate of drug-likeness (QED) is 0.562. The van der Waals surface area contributed by atoms with Gasteiger partial charge in [0.2, 0.25) is 0 Å². The third-order valence-corrected chi connectivity index (χ3v) is 7.27. The summed E-state index contributed by atoms with van der Waals surface area (Å²) < 4.78 is 13.5. The van der Waals surface area contributed by atoms with Crippen LogP contribution in [0.15, 0.2) is 24.4 Å². The molecule has 1 aromatic heterocycles. The van der Waals surface area contributed by atoms with E-state index in [4.69, 9.17) is 9.47 Å². The van der Waals surface area contributed by atoms with Crippen LogP contribution in [-0.4, -0.2) is 58.6 Å². The zero-order valence-corrected chi connectivity index (χ0v) is 18.8. The second-order valence-electron chi connectivity index (χ2n) is 9.88. The van der Waals surface area contributed by atoms with Gasteiger partial charge < -0.3 is 9.47 Å². The summed E-state index contributed by atoms with van der Waals surface area (Å²) in [5.41, 5.74) is 1.60. The number of fused-ring (bicyclic) bond motifs is 3. The Kier molecular flexibility index (Phi) is 6.02. The highest BCUT2D eigenvalue weighted by molar-refractivity contribution is 5.94. The normalized spacial score (nSPS) is 27.0. The molecule has 168 valence electrons. The first-order valence-electron chi connectivity index (χ1n) is 12.1. The number of hydrogen-bond acceptors (Lipinski definition) is 5. The summed E-state index contributed by atoms with van der Waals surface area (Å²) >= 11 is 0. The maximum absolute atomic E-state index is 12.1. The van der Waals surface area contributed by atoms with E-state index >= 15 is 0 Å². The van der Waals surface area contributed by atoms with Gasteiger partial charge in [0.25, 0.3) is 0 Å².